The summed E-state index contributed by atoms with van der Waals surface area (Å²) in [5.41, 5.74) is 2.84. The number of aryl methyl sites for hydroxylation is 1. The van der Waals surface area contributed by atoms with Crippen LogP contribution in [0.5, 0.6) is 0 Å². The number of hydrogen-bond acceptors (Lipinski definition) is 3. The van der Waals surface area contributed by atoms with Gasteiger partial charge in [-0.05, 0) is 43.9 Å². The molecule has 1 aromatic carbocycles. The summed E-state index contributed by atoms with van der Waals surface area (Å²) in [6.07, 6.45) is 3.56. The van der Waals surface area contributed by atoms with Crippen LogP contribution in [-0.4, -0.2) is 43.2 Å². The van der Waals surface area contributed by atoms with E-state index in [1.54, 1.807) is 0 Å². The summed E-state index contributed by atoms with van der Waals surface area (Å²) in [7, 11) is 1.86. The van der Waals surface area contributed by atoms with Crippen LogP contribution in [-0.2, 0) is 4.74 Å². The summed E-state index contributed by atoms with van der Waals surface area (Å²) in [6.45, 7) is 3.40. The first-order valence-corrected chi connectivity index (χ1v) is 7.41. The molecule has 2 atom stereocenters. The first-order chi connectivity index (χ1) is 9.70. The summed E-state index contributed by atoms with van der Waals surface area (Å²) in [5, 5.41) is 3.14. The molecule has 3 rings (SSSR count). The van der Waals surface area contributed by atoms with Crippen LogP contribution in [0.4, 0.5) is 5.69 Å². The Hall–Kier alpha value is -1.55. The van der Waals surface area contributed by atoms with Gasteiger partial charge in [0.25, 0.3) is 5.91 Å². The Morgan fingerprint density at radius 1 is 1.40 bits per heavy atom. The quantitative estimate of drug-likeness (QED) is 0.900. The summed E-state index contributed by atoms with van der Waals surface area (Å²) < 4.78 is 5.78. The van der Waals surface area contributed by atoms with Crippen LogP contribution in [0.25, 0.3) is 0 Å². The molecule has 0 spiro atoms. The van der Waals surface area contributed by atoms with E-state index in [1.807, 2.05) is 37.1 Å². The molecule has 0 radical (unpaired) electrons. The number of rotatable bonds is 2. The van der Waals surface area contributed by atoms with Gasteiger partial charge in [-0.25, -0.2) is 0 Å². The molecule has 4 heteroatoms. The van der Waals surface area contributed by atoms with Crippen LogP contribution in [0.1, 0.15) is 35.2 Å². The first-order valence-electron chi connectivity index (χ1n) is 7.41. The van der Waals surface area contributed by atoms with Crippen LogP contribution in [0.3, 0.4) is 0 Å². The lowest BCUT2D eigenvalue weighted by Gasteiger charge is -2.38. The van der Waals surface area contributed by atoms with E-state index in [2.05, 4.69) is 5.32 Å². The summed E-state index contributed by atoms with van der Waals surface area (Å²) in [6, 6.07) is 6.23. The minimum Gasteiger partial charge on any atom is -0.387 e. The van der Waals surface area contributed by atoms with Crippen molar-refractivity contribution in [2.45, 2.75) is 38.3 Å². The SMILES string of the molecule is CNc1cc(C)ccc1C(=O)N1CCOC2CCCC21. The van der Waals surface area contributed by atoms with E-state index < -0.39 is 0 Å². The third kappa shape index (κ3) is 2.29. The van der Waals surface area contributed by atoms with E-state index in [-0.39, 0.29) is 18.1 Å². The Balaban J connectivity index is 1.88. The monoisotopic (exact) mass is 274 g/mol. The summed E-state index contributed by atoms with van der Waals surface area (Å²) in [4.78, 5) is 14.9. The molecular formula is C16H22N2O2. The molecule has 2 fully saturated rings. The van der Waals surface area contributed by atoms with Crippen LogP contribution in [0.2, 0.25) is 0 Å². The second-order valence-corrected chi connectivity index (χ2v) is 5.71. The van der Waals surface area contributed by atoms with Crippen LogP contribution in [0.15, 0.2) is 18.2 Å². The minimum atomic E-state index is 0.134. The van der Waals surface area contributed by atoms with Gasteiger partial charge in [-0.3, -0.25) is 4.79 Å². The number of amides is 1. The van der Waals surface area contributed by atoms with Gasteiger partial charge in [0, 0.05) is 19.3 Å². The molecule has 2 unspecified atom stereocenters. The molecule has 1 saturated carbocycles. The number of anilines is 1. The van der Waals surface area contributed by atoms with Gasteiger partial charge in [-0.15, -0.1) is 0 Å². The Kier molecular flexibility index (Phi) is 3.66. The number of morpholine rings is 1. The van der Waals surface area contributed by atoms with Crippen LogP contribution < -0.4 is 5.32 Å². The summed E-state index contributed by atoms with van der Waals surface area (Å²) in [5.74, 6) is 0.134. The van der Waals surface area contributed by atoms with Crippen molar-refractivity contribution < 1.29 is 9.53 Å². The van der Waals surface area contributed by atoms with Gasteiger partial charge in [0.15, 0.2) is 0 Å². The fourth-order valence-corrected chi connectivity index (χ4v) is 3.38. The number of nitrogens with one attached hydrogen (secondary N) is 1. The molecule has 20 heavy (non-hydrogen) atoms. The third-order valence-electron chi connectivity index (χ3n) is 4.42. The van der Waals surface area contributed by atoms with Gasteiger partial charge in [0.2, 0.25) is 0 Å². The standard InChI is InChI=1S/C16H22N2O2/c1-11-6-7-12(13(10-11)17-2)16(19)18-8-9-20-15-5-3-4-14(15)18/h6-7,10,14-15,17H,3-5,8-9H2,1-2H3. The molecular weight excluding hydrogens is 252 g/mol. The Labute approximate surface area is 120 Å². The second-order valence-electron chi connectivity index (χ2n) is 5.71. The molecule has 1 aliphatic carbocycles. The van der Waals surface area contributed by atoms with E-state index >= 15 is 0 Å². The number of fused-ring (bicyclic) bond motifs is 1. The maximum absolute atomic E-state index is 12.9. The van der Waals surface area contributed by atoms with E-state index in [0.29, 0.717) is 13.2 Å². The van der Waals surface area contributed by atoms with E-state index in [1.165, 1.54) is 0 Å². The Morgan fingerprint density at radius 3 is 3.05 bits per heavy atom. The normalized spacial score (nSPS) is 25.4. The lowest BCUT2D eigenvalue weighted by molar-refractivity contribution is -0.0445. The van der Waals surface area contributed by atoms with Crippen molar-refractivity contribution >= 4 is 11.6 Å². The van der Waals surface area contributed by atoms with Crippen molar-refractivity contribution in [3.8, 4) is 0 Å². The van der Waals surface area contributed by atoms with Gasteiger partial charge in [0.1, 0.15) is 0 Å². The average Bonchev–Trinajstić information content (AvgIpc) is 2.94. The topological polar surface area (TPSA) is 41.6 Å². The zero-order chi connectivity index (χ0) is 14.1. The Bertz CT molecular complexity index is 515. The highest BCUT2D eigenvalue weighted by Gasteiger charge is 2.38. The largest absolute Gasteiger partial charge is 0.387 e. The molecule has 4 nitrogen and oxygen atoms in total. The highest BCUT2D eigenvalue weighted by molar-refractivity contribution is 6.00. The van der Waals surface area contributed by atoms with Crippen molar-refractivity contribution in [2.24, 2.45) is 0 Å². The Morgan fingerprint density at radius 2 is 2.25 bits per heavy atom. The molecule has 1 amide bonds. The zero-order valence-electron chi connectivity index (χ0n) is 12.2. The number of carbonyl (C=O) groups is 1. The van der Waals surface area contributed by atoms with Crippen LogP contribution in [0, 0.1) is 6.92 Å². The molecule has 108 valence electrons. The fraction of sp³-hybridized carbons (Fsp3) is 0.562. The van der Waals surface area contributed by atoms with Crippen molar-refractivity contribution in [2.75, 3.05) is 25.5 Å². The molecule has 0 bridgehead atoms. The predicted octanol–water partition coefficient (Wildman–Crippen LogP) is 2.43. The number of carbonyl (C=O) groups excluding carboxylic acids is 1. The van der Waals surface area contributed by atoms with Gasteiger partial charge in [-0.2, -0.15) is 0 Å². The van der Waals surface area contributed by atoms with Crippen molar-refractivity contribution in [3.63, 3.8) is 0 Å². The fourth-order valence-electron chi connectivity index (χ4n) is 3.38. The van der Waals surface area contributed by atoms with Crippen molar-refractivity contribution in [3.05, 3.63) is 29.3 Å². The number of nitrogens with zero attached hydrogens (tertiary/aromatic N) is 1. The first kappa shape index (κ1) is 13.4. The van der Waals surface area contributed by atoms with Crippen molar-refractivity contribution in [1.82, 2.24) is 4.90 Å². The van der Waals surface area contributed by atoms with E-state index in [0.717, 1.165) is 36.1 Å². The van der Waals surface area contributed by atoms with Crippen LogP contribution >= 0.6 is 0 Å². The molecule has 0 aromatic heterocycles. The maximum atomic E-state index is 12.9. The smallest absolute Gasteiger partial charge is 0.256 e. The highest BCUT2D eigenvalue weighted by atomic mass is 16.5. The molecule has 1 aliphatic heterocycles. The van der Waals surface area contributed by atoms with E-state index in [4.69, 9.17) is 4.74 Å². The molecule has 1 N–H and O–H groups in total. The lowest BCUT2D eigenvalue weighted by Crippen LogP contribution is -2.51. The molecule has 1 aromatic rings. The number of benzene rings is 1. The van der Waals surface area contributed by atoms with Gasteiger partial charge >= 0.3 is 0 Å². The molecule has 1 saturated heterocycles. The lowest BCUT2D eigenvalue weighted by atomic mass is 10.1. The highest BCUT2D eigenvalue weighted by Crippen LogP contribution is 2.31. The van der Waals surface area contributed by atoms with Gasteiger partial charge < -0.3 is 15.0 Å². The second kappa shape index (κ2) is 5.44. The predicted molar refractivity (Wildman–Crippen MR) is 79.1 cm³/mol. The van der Waals surface area contributed by atoms with Gasteiger partial charge in [-0.1, -0.05) is 6.07 Å². The average molecular weight is 274 g/mol. The zero-order valence-corrected chi connectivity index (χ0v) is 12.2. The van der Waals surface area contributed by atoms with E-state index in [9.17, 15) is 4.79 Å². The maximum Gasteiger partial charge on any atom is 0.256 e. The van der Waals surface area contributed by atoms with Gasteiger partial charge in [0.05, 0.1) is 24.3 Å². The van der Waals surface area contributed by atoms with Crippen molar-refractivity contribution in [1.29, 1.82) is 0 Å². The molecule has 2 aliphatic rings. The third-order valence-corrected chi connectivity index (χ3v) is 4.42. The number of hydrogen-bond donors (Lipinski definition) is 1. The number of ether oxygens (including phenoxy) is 1. The minimum absolute atomic E-state index is 0.134. The summed E-state index contributed by atoms with van der Waals surface area (Å²) >= 11 is 0. The molecule has 1 heterocycles.